The molecule has 1 atom stereocenters. The average molecular weight is 500 g/mol. The number of benzene rings is 2. The number of methoxy groups -OCH3 is 2. The summed E-state index contributed by atoms with van der Waals surface area (Å²) >= 11 is 0. The number of carbonyl (C=O) groups is 3. The van der Waals surface area contributed by atoms with E-state index in [1.165, 1.54) is 37.3 Å². The summed E-state index contributed by atoms with van der Waals surface area (Å²) < 4.78 is 30.6. The van der Waals surface area contributed by atoms with Crippen LogP contribution in [-0.2, 0) is 14.3 Å². The van der Waals surface area contributed by atoms with Gasteiger partial charge in [-0.3, -0.25) is 19.3 Å². The first kappa shape index (κ1) is 25.6. The van der Waals surface area contributed by atoms with E-state index in [1.54, 1.807) is 35.2 Å². The molecule has 2 aliphatic heterocycles. The maximum atomic E-state index is 14.2. The third-order valence-electron chi connectivity index (χ3n) is 6.64. The zero-order valence-electron chi connectivity index (χ0n) is 20.4. The van der Waals surface area contributed by atoms with Crippen LogP contribution in [0.5, 0.6) is 5.75 Å². The van der Waals surface area contributed by atoms with Crippen molar-refractivity contribution in [3.63, 3.8) is 0 Å². The number of carbonyl (C=O) groups excluding carboxylic acids is 3. The average Bonchev–Trinajstić information content (AvgIpc) is 3.27. The van der Waals surface area contributed by atoms with Gasteiger partial charge in [0.25, 0.3) is 11.8 Å². The van der Waals surface area contributed by atoms with Crippen molar-refractivity contribution in [1.82, 2.24) is 15.1 Å². The van der Waals surface area contributed by atoms with Gasteiger partial charge in [-0.05, 0) is 30.3 Å². The lowest BCUT2D eigenvalue weighted by atomic mass is 9.96. The summed E-state index contributed by atoms with van der Waals surface area (Å²) in [6.07, 6.45) is 0.565. The molecule has 2 fully saturated rings. The third kappa shape index (κ3) is 5.05. The van der Waals surface area contributed by atoms with Gasteiger partial charge < -0.3 is 24.4 Å². The first-order valence-corrected chi connectivity index (χ1v) is 11.8. The van der Waals surface area contributed by atoms with Crippen LogP contribution >= 0.6 is 0 Å². The highest BCUT2D eigenvalue weighted by Crippen LogP contribution is 2.39. The topological polar surface area (TPSA) is 97.4 Å². The largest absolute Gasteiger partial charge is 0.497 e. The number of piperidine rings is 1. The van der Waals surface area contributed by atoms with Crippen LogP contribution in [0.2, 0.25) is 0 Å². The van der Waals surface area contributed by atoms with Crippen LogP contribution in [0.1, 0.15) is 33.6 Å². The number of rotatable bonds is 7. The molecule has 0 aliphatic carbocycles. The number of hydrogen-bond acceptors (Lipinski definition) is 6. The van der Waals surface area contributed by atoms with Gasteiger partial charge in [0.15, 0.2) is 0 Å². The molecule has 9 nitrogen and oxygen atoms in total. The van der Waals surface area contributed by atoms with Gasteiger partial charge in [0, 0.05) is 45.1 Å². The molecule has 0 unspecified atom stereocenters. The molecule has 1 N–H and O–H groups in total. The molecule has 3 amide bonds. The fourth-order valence-corrected chi connectivity index (χ4v) is 4.72. The monoisotopic (exact) mass is 499 g/mol. The Kier molecular flexibility index (Phi) is 7.85. The van der Waals surface area contributed by atoms with Gasteiger partial charge >= 0.3 is 0 Å². The second-order valence-corrected chi connectivity index (χ2v) is 8.74. The quantitative estimate of drug-likeness (QED) is 0.586. The summed E-state index contributed by atoms with van der Waals surface area (Å²) in [7, 11) is 3.05. The van der Waals surface area contributed by atoms with Crippen molar-refractivity contribution in [1.29, 1.82) is 0 Å². The Balaban J connectivity index is 1.57. The summed E-state index contributed by atoms with van der Waals surface area (Å²) in [4.78, 5) is 42.8. The molecular weight excluding hydrogens is 469 g/mol. The van der Waals surface area contributed by atoms with Crippen LogP contribution in [-0.4, -0.2) is 86.4 Å². The van der Waals surface area contributed by atoms with Crippen molar-refractivity contribution in [2.75, 3.05) is 47.1 Å². The molecule has 0 saturated carbocycles. The number of hydrogen-bond donors (Lipinski definition) is 1. The van der Waals surface area contributed by atoms with Crippen LogP contribution in [0.15, 0.2) is 48.5 Å². The van der Waals surface area contributed by atoms with Crippen molar-refractivity contribution in [2.24, 2.45) is 0 Å². The molecule has 10 heteroatoms. The summed E-state index contributed by atoms with van der Waals surface area (Å²) in [5, 5.41) is 2.79. The van der Waals surface area contributed by atoms with E-state index in [0.717, 1.165) is 0 Å². The van der Waals surface area contributed by atoms with Gasteiger partial charge in [0.2, 0.25) is 5.91 Å². The maximum Gasteiger partial charge on any atom is 0.257 e. The lowest BCUT2D eigenvalue weighted by Crippen LogP contribution is -2.60. The Morgan fingerprint density at radius 2 is 1.83 bits per heavy atom. The molecule has 192 valence electrons. The van der Waals surface area contributed by atoms with E-state index in [0.29, 0.717) is 24.5 Å². The summed E-state index contributed by atoms with van der Waals surface area (Å²) in [6.45, 7) is 1.14. The van der Waals surface area contributed by atoms with Gasteiger partial charge in [0.1, 0.15) is 23.3 Å². The van der Waals surface area contributed by atoms with Crippen molar-refractivity contribution in [3.8, 4) is 5.75 Å². The summed E-state index contributed by atoms with van der Waals surface area (Å²) in [5.41, 5.74) is -0.714. The van der Waals surface area contributed by atoms with E-state index in [-0.39, 0.29) is 49.9 Å². The Morgan fingerprint density at radius 3 is 2.53 bits per heavy atom. The highest BCUT2D eigenvalue weighted by molar-refractivity contribution is 5.99. The van der Waals surface area contributed by atoms with Gasteiger partial charge in [0.05, 0.1) is 25.9 Å². The second kappa shape index (κ2) is 11.0. The normalized spacial score (nSPS) is 18.8. The molecule has 4 rings (SSSR count). The van der Waals surface area contributed by atoms with E-state index in [9.17, 15) is 18.8 Å². The molecule has 0 radical (unpaired) electrons. The molecule has 0 aromatic heterocycles. The number of nitrogens with zero attached hydrogens (tertiary/aromatic N) is 2. The number of ether oxygens (including phenoxy) is 3. The molecule has 2 aliphatic rings. The Morgan fingerprint density at radius 1 is 1.08 bits per heavy atom. The van der Waals surface area contributed by atoms with Crippen molar-refractivity contribution in [2.45, 2.75) is 24.6 Å². The van der Waals surface area contributed by atoms with Crippen LogP contribution in [0.3, 0.4) is 0 Å². The minimum Gasteiger partial charge on any atom is -0.497 e. The summed E-state index contributed by atoms with van der Waals surface area (Å²) in [6, 6.07) is 11.7. The maximum absolute atomic E-state index is 14.2. The van der Waals surface area contributed by atoms with Gasteiger partial charge in [-0.2, -0.15) is 0 Å². The minimum atomic E-state index is -1.07. The van der Waals surface area contributed by atoms with E-state index in [1.807, 2.05) is 0 Å². The van der Waals surface area contributed by atoms with Gasteiger partial charge in [-0.1, -0.05) is 18.2 Å². The SMILES string of the molecule is COCCNC(=O)[C@H]1COC2(CCN(C(=O)c3ccccc3F)CC2)N1C(=O)c1cccc(OC)c1. The van der Waals surface area contributed by atoms with Crippen LogP contribution < -0.4 is 10.1 Å². The Hall–Kier alpha value is -3.50. The van der Waals surface area contributed by atoms with Crippen molar-refractivity contribution in [3.05, 3.63) is 65.5 Å². The minimum absolute atomic E-state index is 0.000464. The number of likely N-dealkylation sites (tertiary alicyclic amines) is 1. The lowest BCUT2D eigenvalue weighted by molar-refractivity contribution is -0.128. The van der Waals surface area contributed by atoms with Crippen LogP contribution in [0.4, 0.5) is 4.39 Å². The first-order valence-electron chi connectivity index (χ1n) is 11.8. The number of amides is 3. The van der Waals surface area contributed by atoms with E-state index < -0.39 is 23.5 Å². The van der Waals surface area contributed by atoms with Crippen LogP contribution in [0.25, 0.3) is 0 Å². The predicted octanol–water partition coefficient (Wildman–Crippen LogP) is 2.07. The van der Waals surface area contributed by atoms with Gasteiger partial charge in [-0.15, -0.1) is 0 Å². The molecule has 2 heterocycles. The molecule has 2 saturated heterocycles. The first-order chi connectivity index (χ1) is 17.4. The van der Waals surface area contributed by atoms with E-state index in [4.69, 9.17) is 14.2 Å². The molecule has 0 bridgehead atoms. The highest BCUT2D eigenvalue weighted by Gasteiger charge is 2.54. The zero-order valence-corrected chi connectivity index (χ0v) is 20.4. The summed E-state index contributed by atoms with van der Waals surface area (Å²) in [5.74, 6) is -1.19. The Labute approximate surface area is 209 Å². The smallest absolute Gasteiger partial charge is 0.257 e. The van der Waals surface area contributed by atoms with Crippen LogP contribution in [0, 0.1) is 5.82 Å². The molecule has 2 aromatic carbocycles. The lowest BCUT2D eigenvalue weighted by Gasteiger charge is -2.44. The third-order valence-corrected chi connectivity index (χ3v) is 6.64. The van der Waals surface area contributed by atoms with E-state index >= 15 is 0 Å². The predicted molar refractivity (Wildman–Crippen MR) is 128 cm³/mol. The number of halogens is 1. The molecule has 2 aromatic rings. The van der Waals surface area contributed by atoms with E-state index in [2.05, 4.69) is 5.32 Å². The highest BCUT2D eigenvalue weighted by atomic mass is 19.1. The fourth-order valence-electron chi connectivity index (χ4n) is 4.72. The molecule has 1 spiro atoms. The second-order valence-electron chi connectivity index (χ2n) is 8.74. The van der Waals surface area contributed by atoms with Crippen molar-refractivity contribution < 1.29 is 33.0 Å². The fraction of sp³-hybridized carbons (Fsp3) is 0.423. The zero-order chi connectivity index (χ0) is 25.7. The number of nitrogens with one attached hydrogen (secondary N) is 1. The molecule has 36 heavy (non-hydrogen) atoms. The molecular formula is C26H30FN3O6. The standard InChI is InChI=1S/C26H30FN3O6/c1-34-15-12-28-23(31)22-17-36-26(30(22)24(32)18-6-5-7-19(16-18)35-2)10-13-29(14-11-26)25(33)20-8-3-4-9-21(20)27/h3-9,16,22H,10-15,17H2,1-2H3,(H,28,31)/t22-/m1/s1. The van der Waals surface area contributed by atoms with Gasteiger partial charge in [-0.25, -0.2) is 4.39 Å². The Bertz CT molecular complexity index is 1120. The van der Waals surface area contributed by atoms with Crippen molar-refractivity contribution >= 4 is 17.7 Å².